The van der Waals surface area contributed by atoms with Crippen LogP contribution in [0.3, 0.4) is 0 Å². The Labute approximate surface area is 112 Å². The lowest BCUT2D eigenvalue weighted by Gasteiger charge is -2.10. The molecule has 0 unspecified atom stereocenters. The predicted octanol–water partition coefficient (Wildman–Crippen LogP) is 2.34. The van der Waals surface area contributed by atoms with Crippen LogP contribution in [0.5, 0.6) is 0 Å². The Balaban J connectivity index is 2.17. The van der Waals surface area contributed by atoms with Gasteiger partial charge in [0.2, 0.25) is 0 Å². The average molecular weight is 273 g/mol. The number of hydrogen-bond donors (Lipinski definition) is 2. The van der Waals surface area contributed by atoms with Crippen molar-refractivity contribution in [1.82, 2.24) is 10.6 Å². The van der Waals surface area contributed by atoms with E-state index in [9.17, 15) is 0 Å². The smallest absolute Gasteiger partial charge is 0.166 e. The molecule has 1 rings (SSSR count). The molecule has 17 heavy (non-hydrogen) atoms. The van der Waals surface area contributed by atoms with Crippen molar-refractivity contribution in [2.24, 2.45) is 0 Å². The summed E-state index contributed by atoms with van der Waals surface area (Å²) in [4.78, 5) is 0. The van der Waals surface area contributed by atoms with Gasteiger partial charge in [0.05, 0.1) is 0 Å². The maximum absolute atomic E-state index is 5.80. The van der Waals surface area contributed by atoms with Crippen LogP contribution in [0.1, 0.15) is 12.0 Å². The Bertz CT molecular complexity index is 343. The molecule has 0 aromatic heterocycles. The zero-order valence-corrected chi connectivity index (χ0v) is 11.4. The SMILES string of the molecule is COCCCNC(=S)NCc1ccc(Cl)cc1. The number of ether oxygens (including phenoxy) is 1. The molecule has 0 amide bonds. The molecule has 0 spiro atoms. The Kier molecular flexibility index (Phi) is 6.93. The first kappa shape index (κ1) is 14.2. The molecule has 0 aliphatic carbocycles. The van der Waals surface area contributed by atoms with Crippen molar-refractivity contribution in [3.63, 3.8) is 0 Å². The number of rotatable bonds is 6. The standard InChI is InChI=1S/C12H17ClN2OS/c1-16-8-2-7-14-12(17)15-9-10-3-5-11(13)6-4-10/h3-6H,2,7-9H2,1H3,(H2,14,15,17). The topological polar surface area (TPSA) is 33.3 Å². The van der Waals surface area contributed by atoms with Gasteiger partial charge >= 0.3 is 0 Å². The van der Waals surface area contributed by atoms with Crippen molar-refractivity contribution in [1.29, 1.82) is 0 Å². The summed E-state index contributed by atoms with van der Waals surface area (Å²) in [6.45, 7) is 2.26. The molecule has 1 aromatic carbocycles. The third kappa shape index (κ3) is 6.46. The Hall–Kier alpha value is -0.840. The summed E-state index contributed by atoms with van der Waals surface area (Å²) in [6.07, 6.45) is 0.944. The minimum absolute atomic E-state index is 0.663. The van der Waals surface area contributed by atoms with E-state index >= 15 is 0 Å². The van der Waals surface area contributed by atoms with Crippen LogP contribution in [0, 0.1) is 0 Å². The van der Waals surface area contributed by atoms with E-state index < -0.39 is 0 Å². The fourth-order valence-corrected chi connectivity index (χ4v) is 1.57. The van der Waals surface area contributed by atoms with Crippen LogP contribution >= 0.6 is 23.8 Å². The van der Waals surface area contributed by atoms with E-state index in [-0.39, 0.29) is 0 Å². The fraction of sp³-hybridized carbons (Fsp3) is 0.417. The Morgan fingerprint density at radius 3 is 2.65 bits per heavy atom. The quantitative estimate of drug-likeness (QED) is 0.615. The molecule has 0 aliphatic rings. The van der Waals surface area contributed by atoms with E-state index in [1.807, 2.05) is 24.3 Å². The van der Waals surface area contributed by atoms with Gasteiger partial charge in [-0.1, -0.05) is 23.7 Å². The van der Waals surface area contributed by atoms with Crippen molar-refractivity contribution in [3.8, 4) is 0 Å². The lowest BCUT2D eigenvalue weighted by molar-refractivity contribution is 0.195. The van der Waals surface area contributed by atoms with Gasteiger partial charge in [-0.3, -0.25) is 0 Å². The molecule has 3 nitrogen and oxygen atoms in total. The molecule has 0 fully saturated rings. The molecule has 0 bridgehead atoms. The molecule has 5 heteroatoms. The second-order valence-electron chi connectivity index (χ2n) is 3.58. The van der Waals surface area contributed by atoms with Crippen molar-refractivity contribution >= 4 is 28.9 Å². The molecule has 1 aromatic rings. The Morgan fingerprint density at radius 1 is 1.29 bits per heavy atom. The first-order chi connectivity index (χ1) is 8.22. The highest BCUT2D eigenvalue weighted by atomic mass is 35.5. The monoisotopic (exact) mass is 272 g/mol. The van der Waals surface area contributed by atoms with Crippen LogP contribution in [-0.2, 0) is 11.3 Å². The van der Waals surface area contributed by atoms with Gasteiger partial charge in [-0.2, -0.15) is 0 Å². The van der Waals surface area contributed by atoms with Gasteiger partial charge in [-0.15, -0.1) is 0 Å². The van der Waals surface area contributed by atoms with Gasteiger partial charge in [-0.25, -0.2) is 0 Å². The highest BCUT2D eigenvalue weighted by Gasteiger charge is 1.96. The van der Waals surface area contributed by atoms with E-state index in [2.05, 4.69) is 10.6 Å². The van der Waals surface area contributed by atoms with E-state index in [0.29, 0.717) is 11.7 Å². The third-order valence-corrected chi connectivity index (χ3v) is 2.72. The normalized spacial score (nSPS) is 10.0. The summed E-state index contributed by atoms with van der Waals surface area (Å²) in [5, 5.41) is 7.65. The molecule has 0 heterocycles. The Morgan fingerprint density at radius 2 is 2.00 bits per heavy atom. The minimum Gasteiger partial charge on any atom is -0.385 e. The summed E-state index contributed by atoms with van der Waals surface area (Å²) in [5.74, 6) is 0. The number of methoxy groups -OCH3 is 1. The van der Waals surface area contributed by atoms with Crippen molar-refractivity contribution < 1.29 is 4.74 Å². The van der Waals surface area contributed by atoms with E-state index in [0.717, 1.165) is 30.2 Å². The van der Waals surface area contributed by atoms with E-state index in [1.165, 1.54) is 0 Å². The summed E-state index contributed by atoms with van der Waals surface area (Å²) in [7, 11) is 1.69. The largest absolute Gasteiger partial charge is 0.385 e. The van der Waals surface area contributed by atoms with Crippen LogP contribution < -0.4 is 10.6 Å². The minimum atomic E-state index is 0.663. The van der Waals surface area contributed by atoms with Gasteiger partial charge in [0.25, 0.3) is 0 Å². The van der Waals surface area contributed by atoms with E-state index in [1.54, 1.807) is 7.11 Å². The molecule has 0 saturated heterocycles. The first-order valence-electron chi connectivity index (χ1n) is 5.47. The van der Waals surface area contributed by atoms with Crippen molar-refractivity contribution in [2.75, 3.05) is 20.3 Å². The lowest BCUT2D eigenvalue weighted by Crippen LogP contribution is -2.35. The summed E-state index contributed by atoms with van der Waals surface area (Å²) >= 11 is 10.9. The van der Waals surface area contributed by atoms with E-state index in [4.69, 9.17) is 28.6 Å². The van der Waals surface area contributed by atoms with Crippen LogP contribution in [0.15, 0.2) is 24.3 Å². The van der Waals surface area contributed by atoms with Gasteiger partial charge in [-0.05, 0) is 36.3 Å². The predicted molar refractivity (Wildman–Crippen MR) is 75.4 cm³/mol. The third-order valence-electron chi connectivity index (χ3n) is 2.18. The summed E-state index contributed by atoms with van der Waals surface area (Å²) in [6, 6.07) is 7.69. The second-order valence-corrected chi connectivity index (χ2v) is 4.43. The zero-order valence-electron chi connectivity index (χ0n) is 9.83. The molecule has 94 valence electrons. The van der Waals surface area contributed by atoms with Gasteiger partial charge in [0.15, 0.2) is 5.11 Å². The molecular formula is C12H17ClN2OS. The van der Waals surface area contributed by atoms with Crippen molar-refractivity contribution in [3.05, 3.63) is 34.9 Å². The number of benzene rings is 1. The van der Waals surface area contributed by atoms with Crippen LogP contribution in [0.4, 0.5) is 0 Å². The number of hydrogen-bond acceptors (Lipinski definition) is 2. The summed E-state index contributed by atoms with van der Waals surface area (Å²) in [5.41, 5.74) is 1.15. The number of halogens is 1. The van der Waals surface area contributed by atoms with Crippen LogP contribution in [0.2, 0.25) is 5.02 Å². The zero-order chi connectivity index (χ0) is 12.5. The van der Waals surface area contributed by atoms with Gasteiger partial charge < -0.3 is 15.4 Å². The molecule has 2 N–H and O–H groups in total. The van der Waals surface area contributed by atoms with Gasteiger partial charge in [0.1, 0.15) is 0 Å². The molecule has 0 atom stereocenters. The second kappa shape index (κ2) is 8.28. The molecule has 0 aliphatic heterocycles. The van der Waals surface area contributed by atoms with Crippen molar-refractivity contribution in [2.45, 2.75) is 13.0 Å². The lowest BCUT2D eigenvalue weighted by atomic mass is 10.2. The maximum Gasteiger partial charge on any atom is 0.166 e. The highest BCUT2D eigenvalue weighted by molar-refractivity contribution is 7.80. The van der Waals surface area contributed by atoms with Crippen LogP contribution in [-0.4, -0.2) is 25.4 Å². The maximum atomic E-state index is 5.80. The summed E-state index contributed by atoms with van der Waals surface area (Å²) < 4.78 is 4.95. The van der Waals surface area contributed by atoms with Gasteiger partial charge in [0, 0.05) is 31.8 Å². The fourth-order valence-electron chi connectivity index (χ4n) is 1.27. The number of thiocarbonyl (C=S) groups is 1. The highest BCUT2D eigenvalue weighted by Crippen LogP contribution is 2.08. The molecule has 0 saturated carbocycles. The molecule has 0 radical (unpaired) electrons. The molecular weight excluding hydrogens is 256 g/mol. The average Bonchev–Trinajstić information content (AvgIpc) is 2.34. The number of nitrogens with one attached hydrogen (secondary N) is 2. The first-order valence-corrected chi connectivity index (χ1v) is 6.26. The van der Waals surface area contributed by atoms with Crippen LogP contribution in [0.25, 0.3) is 0 Å².